The number of nitrogen functional groups attached to an aromatic ring is 1. The minimum atomic E-state index is 0.425. The summed E-state index contributed by atoms with van der Waals surface area (Å²) >= 11 is 0. The highest BCUT2D eigenvalue weighted by molar-refractivity contribution is 5.62. The highest BCUT2D eigenvalue weighted by Gasteiger charge is 2.29. The highest BCUT2D eigenvalue weighted by atomic mass is 15.2. The molecule has 1 aromatic rings. The van der Waals surface area contributed by atoms with Crippen LogP contribution < -0.4 is 10.6 Å². The monoisotopic (exact) mass is 222 g/mol. The normalized spacial score (nSPS) is 19.1. The summed E-state index contributed by atoms with van der Waals surface area (Å²) in [6.07, 6.45) is 4.31. The molecule has 0 atom stereocenters. The average molecular weight is 222 g/mol. The van der Waals surface area contributed by atoms with Gasteiger partial charge in [-0.05, 0) is 24.2 Å². The van der Waals surface area contributed by atoms with Crippen molar-refractivity contribution in [2.45, 2.75) is 33.6 Å². The molecule has 4 nitrogen and oxygen atoms in total. The Hall–Kier alpha value is -1.19. The Kier molecular flexibility index (Phi) is 2.82. The maximum atomic E-state index is 5.83. The minimum Gasteiger partial charge on any atom is -0.382 e. The number of aromatic nitrogens is 2. The molecule has 0 amide bonds. The van der Waals surface area contributed by atoms with Gasteiger partial charge in [-0.15, -0.1) is 0 Å². The molecule has 0 spiro atoms. The number of hydrogen-bond donors (Lipinski definition) is 2. The molecule has 1 aromatic heterocycles. The lowest BCUT2D eigenvalue weighted by Gasteiger charge is -2.39. The Balaban J connectivity index is 1.98. The van der Waals surface area contributed by atoms with Gasteiger partial charge >= 0.3 is 0 Å². The summed E-state index contributed by atoms with van der Waals surface area (Å²) in [4.78, 5) is 2.33. The third kappa shape index (κ3) is 2.15. The Morgan fingerprint density at radius 3 is 2.44 bits per heavy atom. The molecule has 1 aliphatic rings. The molecule has 3 N–H and O–H groups in total. The van der Waals surface area contributed by atoms with E-state index in [1.165, 1.54) is 12.8 Å². The summed E-state index contributed by atoms with van der Waals surface area (Å²) in [5.41, 5.74) is 7.32. The van der Waals surface area contributed by atoms with Crippen LogP contribution in [-0.4, -0.2) is 23.3 Å². The molecule has 0 aliphatic carbocycles. The van der Waals surface area contributed by atoms with Gasteiger partial charge < -0.3 is 10.6 Å². The summed E-state index contributed by atoms with van der Waals surface area (Å²) in [5.74, 6) is 1.51. The van der Waals surface area contributed by atoms with E-state index in [0.29, 0.717) is 11.2 Å². The average Bonchev–Trinajstić information content (AvgIpc) is 2.63. The van der Waals surface area contributed by atoms with E-state index in [4.69, 9.17) is 5.73 Å². The first-order chi connectivity index (χ1) is 7.48. The summed E-state index contributed by atoms with van der Waals surface area (Å²) in [6, 6.07) is 0. The van der Waals surface area contributed by atoms with Crippen LogP contribution in [-0.2, 0) is 0 Å². The van der Waals surface area contributed by atoms with Crippen molar-refractivity contribution < 1.29 is 0 Å². The van der Waals surface area contributed by atoms with Crippen molar-refractivity contribution in [3.05, 3.63) is 6.20 Å². The molecule has 0 bridgehead atoms. The quantitative estimate of drug-likeness (QED) is 0.766. The molecule has 1 aliphatic heterocycles. The van der Waals surface area contributed by atoms with Crippen molar-refractivity contribution in [1.82, 2.24) is 10.2 Å². The molecule has 0 saturated carbocycles. The van der Waals surface area contributed by atoms with E-state index in [1.807, 2.05) is 6.20 Å². The van der Waals surface area contributed by atoms with E-state index in [2.05, 4.69) is 35.9 Å². The molecular formula is C12H22N4. The lowest BCUT2D eigenvalue weighted by Crippen LogP contribution is -2.38. The molecule has 0 radical (unpaired) electrons. The Morgan fingerprint density at radius 2 is 2.00 bits per heavy atom. The fraction of sp³-hybridized carbons (Fsp3) is 0.750. The van der Waals surface area contributed by atoms with Crippen LogP contribution in [0.1, 0.15) is 33.6 Å². The number of nitrogens with two attached hydrogens (primary N) is 1. The molecule has 1 fully saturated rings. The van der Waals surface area contributed by atoms with Gasteiger partial charge in [0.25, 0.3) is 0 Å². The third-order valence-electron chi connectivity index (χ3n) is 3.71. The van der Waals surface area contributed by atoms with Crippen LogP contribution in [0.25, 0.3) is 0 Å². The molecule has 2 heterocycles. The minimum absolute atomic E-state index is 0.425. The van der Waals surface area contributed by atoms with Crippen molar-refractivity contribution in [2.24, 2.45) is 11.3 Å². The zero-order chi connectivity index (χ0) is 11.8. The van der Waals surface area contributed by atoms with E-state index in [-0.39, 0.29) is 0 Å². The first-order valence-corrected chi connectivity index (χ1v) is 6.02. The van der Waals surface area contributed by atoms with Gasteiger partial charge in [0, 0.05) is 13.1 Å². The third-order valence-corrected chi connectivity index (χ3v) is 3.71. The van der Waals surface area contributed by atoms with Crippen molar-refractivity contribution in [1.29, 1.82) is 0 Å². The van der Waals surface area contributed by atoms with Crippen molar-refractivity contribution >= 4 is 11.5 Å². The molecule has 0 aromatic carbocycles. The van der Waals surface area contributed by atoms with Gasteiger partial charge in [0.2, 0.25) is 0 Å². The van der Waals surface area contributed by atoms with Crippen LogP contribution >= 0.6 is 0 Å². The van der Waals surface area contributed by atoms with Crippen LogP contribution in [0.3, 0.4) is 0 Å². The zero-order valence-electron chi connectivity index (χ0n) is 10.5. The van der Waals surface area contributed by atoms with E-state index in [9.17, 15) is 0 Å². The molecule has 90 valence electrons. The topological polar surface area (TPSA) is 57.9 Å². The smallest absolute Gasteiger partial charge is 0.142 e. The van der Waals surface area contributed by atoms with Gasteiger partial charge in [-0.2, -0.15) is 5.10 Å². The van der Waals surface area contributed by atoms with Crippen LogP contribution in [0, 0.1) is 11.3 Å². The number of piperidine rings is 1. The second kappa shape index (κ2) is 4.00. The Labute approximate surface area is 97.2 Å². The maximum absolute atomic E-state index is 5.83. The summed E-state index contributed by atoms with van der Waals surface area (Å²) in [6.45, 7) is 9.18. The van der Waals surface area contributed by atoms with Crippen LogP contribution in [0.5, 0.6) is 0 Å². The van der Waals surface area contributed by atoms with Crippen LogP contribution in [0.2, 0.25) is 0 Å². The second-order valence-electron chi connectivity index (χ2n) is 5.80. The standard InChI is InChI=1S/C12H22N4/c1-12(2,3)9-4-6-16(7-5-9)10-8-14-15-11(10)13/h8-9H,4-7H2,1-3H3,(H3,13,14,15). The summed E-state index contributed by atoms with van der Waals surface area (Å²) in [5, 5.41) is 6.77. The Morgan fingerprint density at radius 1 is 1.38 bits per heavy atom. The Bertz CT molecular complexity index is 342. The lowest BCUT2D eigenvalue weighted by molar-refractivity contribution is 0.199. The lowest BCUT2D eigenvalue weighted by atomic mass is 9.75. The van der Waals surface area contributed by atoms with E-state index >= 15 is 0 Å². The van der Waals surface area contributed by atoms with Crippen LogP contribution in [0.15, 0.2) is 6.20 Å². The number of H-pyrrole nitrogens is 1. The first-order valence-electron chi connectivity index (χ1n) is 6.02. The second-order valence-corrected chi connectivity index (χ2v) is 5.80. The molecule has 1 saturated heterocycles. The number of anilines is 2. The molecule has 4 heteroatoms. The van der Waals surface area contributed by atoms with E-state index in [0.717, 1.165) is 24.7 Å². The van der Waals surface area contributed by atoms with E-state index in [1.54, 1.807) is 0 Å². The predicted molar refractivity (Wildman–Crippen MR) is 67.4 cm³/mol. The molecule has 16 heavy (non-hydrogen) atoms. The van der Waals surface area contributed by atoms with E-state index < -0.39 is 0 Å². The highest BCUT2D eigenvalue weighted by Crippen LogP contribution is 2.36. The molecule has 0 unspecified atom stereocenters. The first kappa shape index (κ1) is 11.3. The van der Waals surface area contributed by atoms with Gasteiger partial charge in [-0.25, -0.2) is 0 Å². The number of aromatic amines is 1. The fourth-order valence-electron chi connectivity index (χ4n) is 2.53. The fourth-order valence-corrected chi connectivity index (χ4v) is 2.53. The molecular weight excluding hydrogens is 200 g/mol. The van der Waals surface area contributed by atoms with Gasteiger partial charge in [-0.1, -0.05) is 20.8 Å². The van der Waals surface area contributed by atoms with Crippen LogP contribution in [0.4, 0.5) is 11.5 Å². The largest absolute Gasteiger partial charge is 0.382 e. The van der Waals surface area contributed by atoms with Crippen molar-refractivity contribution in [3.8, 4) is 0 Å². The maximum Gasteiger partial charge on any atom is 0.142 e. The summed E-state index contributed by atoms with van der Waals surface area (Å²) in [7, 11) is 0. The van der Waals surface area contributed by atoms with Gasteiger partial charge in [0.1, 0.15) is 5.82 Å². The summed E-state index contributed by atoms with van der Waals surface area (Å²) < 4.78 is 0. The zero-order valence-corrected chi connectivity index (χ0v) is 10.5. The van der Waals surface area contributed by atoms with Crippen molar-refractivity contribution in [2.75, 3.05) is 23.7 Å². The van der Waals surface area contributed by atoms with Gasteiger partial charge in [0.05, 0.1) is 11.9 Å². The number of nitrogens with one attached hydrogen (secondary N) is 1. The number of rotatable bonds is 1. The van der Waals surface area contributed by atoms with Gasteiger partial charge in [0.15, 0.2) is 0 Å². The SMILES string of the molecule is CC(C)(C)C1CCN(c2cn[nH]c2N)CC1. The number of hydrogen-bond acceptors (Lipinski definition) is 3. The number of nitrogens with zero attached hydrogens (tertiary/aromatic N) is 2. The predicted octanol–water partition coefficient (Wildman–Crippen LogP) is 2.25. The van der Waals surface area contributed by atoms with Gasteiger partial charge in [-0.3, -0.25) is 5.10 Å². The molecule has 2 rings (SSSR count). The van der Waals surface area contributed by atoms with Crippen molar-refractivity contribution in [3.63, 3.8) is 0 Å².